The molecule has 0 fully saturated rings. The first-order valence-electron chi connectivity index (χ1n) is 4.27. The van der Waals surface area contributed by atoms with Crippen molar-refractivity contribution in [3.63, 3.8) is 0 Å². The quantitative estimate of drug-likeness (QED) is 0.818. The van der Waals surface area contributed by atoms with Crippen LogP contribution in [0.25, 0.3) is 11.1 Å². The standard InChI is InChI=1S/C11H11NOS/c1-13-9-4-2-3-8(5-9)10-6-14-7-11(10)12/h2-7H,12H2,1H3. The lowest BCUT2D eigenvalue weighted by atomic mass is 10.1. The minimum Gasteiger partial charge on any atom is -0.497 e. The average Bonchev–Trinajstić information content (AvgIpc) is 2.65. The van der Waals surface area contributed by atoms with Crippen LogP contribution in [0.15, 0.2) is 35.0 Å². The van der Waals surface area contributed by atoms with Crippen molar-refractivity contribution in [2.75, 3.05) is 12.8 Å². The summed E-state index contributed by atoms with van der Waals surface area (Å²) in [5.74, 6) is 0.855. The highest BCUT2D eigenvalue weighted by molar-refractivity contribution is 7.08. The van der Waals surface area contributed by atoms with Crippen LogP contribution in [0.5, 0.6) is 5.75 Å². The molecule has 0 saturated carbocycles. The summed E-state index contributed by atoms with van der Waals surface area (Å²) in [7, 11) is 1.66. The Morgan fingerprint density at radius 3 is 2.79 bits per heavy atom. The minimum absolute atomic E-state index is 0.822. The van der Waals surface area contributed by atoms with Gasteiger partial charge in [0.25, 0.3) is 0 Å². The molecule has 0 saturated heterocycles. The van der Waals surface area contributed by atoms with Crippen molar-refractivity contribution in [3.05, 3.63) is 35.0 Å². The highest BCUT2D eigenvalue weighted by atomic mass is 32.1. The molecule has 0 aliphatic carbocycles. The molecule has 2 N–H and O–H groups in total. The summed E-state index contributed by atoms with van der Waals surface area (Å²) in [5, 5.41) is 3.99. The highest BCUT2D eigenvalue weighted by Gasteiger charge is 2.03. The molecular formula is C11H11NOS. The predicted octanol–water partition coefficient (Wildman–Crippen LogP) is 3.01. The van der Waals surface area contributed by atoms with E-state index in [2.05, 4.69) is 0 Å². The van der Waals surface area contributed by atoms with Gasteiger partial charge in [-0.3, -0.25) is 0 Å². The lowest BCUT2D eigenvalue weighted by Gasteiger charge is -2.03. The Hall–Kier alpha value is -1.48. The van der Waals surface area contributed by atoms with Crippen molar-refractivity contribution in [1.29, 1.82) is 0 Å². The van der Waals surface area contributed by atoms with Gasteiger partial charge in [-0.25, -0.2) is 0 Å². The van der Waals surface area contributed by atoms with Gasteiger partial charge < -0.3 is 10.5 Å². The summed E-state index contributed by atoms with van der Waals surface area (Å²) in [6, 6.07) is 7.90. The van der Waals surface area contributed by atoms with E-state index < -0.39 is 0 Å². The van der Waals surface area contributed by atoms with Gasteiger partial charge >= 0.3 is 0 Å². The molecule has 0 amide bonds. The van der Waals surface area contributed by atoms with E-state index in [9.17, 15) is 0 Å². The third-order valence-electron chi connectivity index (χ3n) is 2.07. The van der Waals surface area contributed by atoms with Crippen LogP contribution >= 0.6 is 11.3 Å². The van der Waals surface area contributed by atoms with Crippen LogP contribution in [0, 0.1) is 0 Å². The molecule has 0 aliphatic rings. The van der Waals surface area contributed by atoms with Crippen molar-refractivity contribution in [3.8, 4) is 16.9 Å². The predicted molar refractivity (Wildman–Crippen MR) is 60.7 cm³/mol. The van der Waals surface area contributed by atoms with Crippen molar-refractivity contribution < 1.29 is 4.74 Å². The van der Waals surface area contributed by atoms with E-state index in [4.69, 9.17) is 10.5 Å². The van der Waals surface area contributed by atoms with Crippen molar-refractivity contribution >= 4 is 17.0 Å². The van der Waals surface area contributed by atoms with Crippen LogP contribution in [0.2, 0.25) is 0 Å². The van der Waals surface area contributed by atoms with Crippen LogP contribution in [0.4, 0.5) is 5.69 Å². The fourth-order valence-electron chi connectivity index (χ4n) is 1.33. The van der Waals surface area contributed by atoms with Gasteiger partial charge in [0.15, 0.2) is 0 Å². The smallest absolute Gasteiger partial charge is 0.119 e. The zero-order valence-corrected chi connectivity index (χ0v) is 8.67. The molecule has 2 nitrogen and oxygen atoms in total. The number of ether oxygens (including phenoxy) is 1. The Kier molecular flexibility index (Phi) is 2.41. The fraction of sp³-hybridized carbons (Fsp3) is 0.0909. The van der Waals surface area contributed by atoms with Crippen LogP contribution in [0.3, 0.4) is 0 Å². The summed E-state index contributed by atoms with van der Waals surface area (Å²) >= 11 is 1.61. The molecule has 72 valence electrons. The van der Waals surface area contributed by atoms with Crippen molar-refractivity contribution in [1.82, 2.24) is 0 Å². The van der Waals surface area contributed by atoms with Crippen LogP contribution in [-0.2, 0) is 0 Å². The first-order chi connectivity index (χ1) is 6.81. The second-order valence-corrected chi connectivity index (χ2v) is 3.72. The minimum atomic E-state index is 0.822. The maximum absolute atomic E-state index is 5.83. The molecule has 0 atom stereocenters. The fourth-order valence-corrected chi connectivity index (χ4v) is 2.08. The largest absolute Gasteiger partial charge is 0.497 e. The van der Waals surface area contributed by atoms with Crippen molar-refractivity contribution in [2.24, 2.45) is 0 Å². The monoisotopic (exact) mass is 205 g/mol. The maximum atomic E-state index is 5.83. The third kappa shape index (κ3) is 1.59. The zero-order valence-electron chi connectivity index (χ0n) is 7.86. The molecule has 2 rings (SSSR count). The lowest BCUT2D eigenvalue weighted by Crippen LogP contribution is -1.86. The normalized spacial score (nSPS) is 10.1. The van der Waals surface area contributed by atoms with Gasteiger partial charge in [0.05, 0.1) is 12.8 Å². The van der Waals surface area contributed by atoms with Gasteiger partial charge in [0.1, 0.15) is 5.75 Å². The van der Waals surface area contributed by atoms with Gasteiger partial charge in [-0.1, -0.05) is 12.1 Å². The average molecular weight is 205 g/mol. The summed E-state index contributed by atoms with van der Waals surface area (Å²) in [6.45, 7) is 0. The second kappa shape index (κ2) is 3.72. The Morgan fingerprint density at radius 1 is 1.29 bits per heavy atom. The summed E-state index contributed by atoms with van der Waals surface area (Å²) < 4.78 is 5.16. The number of rotatable bonds is 2. The van der Waals surface area contributed by atoms with E-state index in [0.29, 0.717) is 0 Å². The van der Waals surface area contributed by atoms with E-state index in [1.54, 1.807) is 18.4 Å². The number of benzene rings is 1. The first-order valence-corrected chi connectivity index (χ1v) is 5.21. The summed E-state index contributed by atoms with van der Waals surface area (Å²) in [5.41, 5.74) is 8.83. The van der Waals surface area contributed by atoms with E-state index in [0.717, 1.165) is 22.6 Å². The van der Waals surface area contributed by atoms with E-state index in [1.807, 2.05) is 35.0 Å². The Bertz CT molecular complexity index is 436. The Labute approximate surface area is 86.9 Å². The molecule has 0 unspecified atom stereocenters. The van der Waals surface area contributed by atoms with Gasteiger partial charge in [-0.15, -0.1) is 11.3 Å². The molecule has 0 radical (unpaired) electrons. The highest BCUT2D eigenvalue weighted by Crippen LogP contribution is 2.31. The van der Waals surface area contributed by atoms with Gasteiger partial charge in [0, 0.05) is 16.3 Å². The molecule has 14 heavy (non-hydrogen) atoms. The number of hydrogen-bond acceptors (Lipinski definition) is 3. The van der Waals surface area contributed by atoms with Crippen LogP contribution in [-0.4, -0.2) is 7.11 Å². The number of thiophene rings is 1. The molecule has 1 aromatic carbocycles. The Balaban J connectivity index is 2.47. The SMILES string of the molecule is COc1cccc(-c2cscc2N)c1. The number of nitrogen functional groups attached to an aromatic ring is 1. The number of methoxy groups -OCH3 is 1. The molecule has 0 bridgehead atoms. The first kappa shape index (κ1) is 9.09. The second-order valence-electron chi connectivity index (χ2n) is 2.97. The summed E-state index contributed by atoms with van der Waals surface area (Å²) in [6.07, 6.45) is 0. The molecule has 1 aromatic heterocycles. The number of anilines is 1. The lowest BCUT2D eigenvalue weighted by molar-refractivity contribution is 0.415. The number of nitrogens with two attached hydrogens (primary N) is 1. The van der Waals surface area contributed by atoms with E-state index in [-0.39, 0.29) is 0 Å². The van der Waals surface area contributed by atoms with Crippen molar-refractivity contribution in [2.45, 2.75) is 0 Å². The molecular weight excluding hydrogens is 194 g/mol. The van der Waals surface area contributed by atoms with Gasteiger partial charge in [0.2, 0.25) is 0 Å². The third-order valence-corrected chi connectivity index (χ3v) is 2.83. The molecule has 1 heterocycles. The molecule has 3 heteroatoms. The molecule has 0 spiro atoms. The molecule has 0 aliphatic heterocycles. The van der Waals surface area contributed by atoms with Crippen LogP contribution < -0.4 is 10.5 Å². The molecule has 2 aromatic rings. The zero-order chi connectivity index (χ0) is 9.97. The maximum Gasteiger partial charge on any atom is 0.119 e. The van der Waals surface area contributed by atoms with E-state index in [1.165, 1.54) is 0 Å². The van der Waals surface area contributed by atoms with E-state index >= 15 is 0 Å². The van der Waals surface area contributed by atoms with Gasteiger partial charge in [-0.05, 0) is 17.7 Å². The van der Waals surface area contributed by atoms with Crippen LogP contribution in [0.1, 0.15) is 0 Å². The summed E-state index contributed by atoms with van der Waals surface area (Å²) in [4.78, 5) is 0. The topological polar surface area (TPSA) is 35.2 Å². The number of hydrogen-bond donors (Lipinski definition) is 1. The Morgan fingerprint density at radius 2 is 2.14 bits per heavy atom. The van der Waals surface area contributed by atoms with Gasteiger partial charge in [-0.2, -0.15) is 0 Å².